The zero-order chi connectivity index (χ0) is 16.2. The van der Waals surface area contributed by atoms with Gasteiger partial charge in [0.1, 0.15) is 11.3 Å². The Bertz CT molecular complexity index is 566. The van der Waals surface area contributed by atoms with E-state index >= 15 is 0 Å². The van der Waals surface area contributed by atoms with Gasteiger partial charge in [-0.05, 0) is 25.0 Å². The fourth-order valence-corrected chi connectivity index (χ4v) is 2.93. The summed E-state index contributed by atoms with van der Waals surface area (Å²) >= 11 is 5.98. The minimum Gasteiger partial charge on any atom is -0.482 e. The summed E-state index contributed by atoms with van der Waals surface area (Å²) in [5.41, 5.74) is 4.42. The number of likely N-dealkylation sites (tertiary alicyclic amines) is 1. The van der Waals surface area contributed by atoms with Crippen LogP contribution in [0.25, 0.3) is 0 Å². The van der Waals surface area contributed by atoms with Gasteiger partial charge in [0.05, 0.1) is 11.6 Å². The lowest BCUT2D eigenvalue weighted by Gasteiger charge is -2.35. The van der Waals surface area contributed by atoms with Gasteiger partial charge in [0, 0.05) is 13.7 Å². The van der Waals surface area contributed by atoms with Crippen molar-refractivity contribution in [1.82, 2.24) is 4.90 Å². The molecule has 0 bridgehead atoms. The highest BCUT2D eigenvalue weighted by molar-refractivity contribution is 6.32. The molecule has 1 saturated heterocycles. The zero-order valence-corrected chi connectivity index (χ0v) is 13.1. The van der Waals surface area contributed by atoms with E-state index in [4.69, 9.17) is 26.8 Å². The molecule has 0 aromatic heterocycles. The molecule has 0 aliphatic carbocycles. The van der Waals surface area contributed by atoms with Crippen LogP contribution in [0.4, 0.5) is 0 Å². The van der Waals surface area contributed by atoms with Crippen molar-refractivity contribution in [3.05, 3.63) is 29.3 Å². The van der Waals surface area contributed by atoms with E-state index in [-0.39, 0.29) is 19.1 Å². The highest BCUT2D eigenvalue weighted by Crippen LogP contribution is 2.30. The van der Waals surface area contributed by atoms with Crippen molar-refractivity contribution in [1.29, 1.82) is 0 Å². The molecule has 22 heavy (non-hydrogen) atoms. The molecule has 0 spiro atoms. The van der Waals surface area contributed by atoms with Gasteiger partial charge in [-0.25, -0.2) is 0 Å². The maximum atomic E-state index is 12.4. The quantitative estimate of drug-likeness (QED) is 0.852. The number of primary amides is 1. The number of hydrogen-bond acceptors (Lipinski definition) is 4. The van der Waals surface area contributed by atoms with Crippen molar-refractivity contribution in [2.24, 2.45) is 5.73 Å². The Morgan fingerprint density at radius 1 is 1.41 bits per heavy atom. The monoisotopic (exact) mass is 326 g/mol. The van der Waals surface area contributed by atoms with Crippen molar-refractivity contribution in [2.75, 3.05) is 26.9 Å². The molecule has 1 unspecified atom stereocenters. The Kier molecular flexibility index (Phi) is 5.26. The first-order chi connectivity index (χ1) is 10.5. The standard InChI is InChI=1S/C15H19ClN2O4/c1-21-10-15(14(17)20)7-4-8-18(15)13(19)9-22-12-6-3-2-5-11(12)16/h2-3,5-6H,4,7-10H2,1H3,(H2,17,20). The summed E-state index contributed by atoms with van der Waals surface area (Å²) < 4.78 is 10.5. The van der Waals surface area contributed by atoms with Gasteiger partial charge < -0.3 is 20.1 Å². The van der Waals surface area contributed by atoms with E-state index < -0.39 is 11.4 Å². The maximum absolute atomic E-state index is 12.4. The van der Waals surface area contributed by atoms with Crippen molar-refractivity contribution < 1.29 is 19.1 Å². The third-order valence-electron chi connectivity index (χ3n) is 3.82. The van der Waals surface area contributed by atoms with Crippen LogP contribution in [-0.2, 0) is 14.3 Å². The van der Waals surface area contributed by atoms with Crippen molar-refractivity contribution in [2.45, 2.75) is 18.4 Å². The summed E-state index contributed by atoms with van der Waals surface area (Å²) in [5.74, 6) is -0.445. The van der Waals surface area contributed by atoms with E-state index in [9.17, 15) is 9.59 Å². The van der Waals surface area contributed by atoms with E-state index in [1.54, 1.807) is 24.3 Å². The Morgan fingerprint density at radius 3 is 2.77 bits per heavy atom. The topological polar surface area (TPSA) is 81.9 Å². The van der Waals surface area contributed by atoms with Crippen LogP contribution in [0.15, 0.2) is 24.3 Å². The van der Waals surface area contributed by atoms with Crippen LogP contribution in [0.1, 0.15) is 12.8 Å². The first kappa shape index (κ1) is 16.6. The molecule has 1 fully saturated rings. The number of ether oxygens (including phenoxy) is 2. The summed E-state index contributed by atoms with van der Waals surface area (Å²) in [7, 11) is 1.48. The van der Waals surface area contributed by atoms with Crippen LogP contribution in [0.5, 0.6) is 5.75 Å². The third kappa shape index (κ3) is 3.18. The smallest absolute Gasteiger partial charge is 0.261 e. The lowest BCUT2D eigenvalue weighted by Crippen LogP contribution is -2.59. The second-order valence-corrected chi connectivity index (χ2v) is 5.60. The Morgan fingerprint density at radius 2 is 2.14 bits per heavy atom. The van der Waals surface area contributed by atoms with E-state index in [0.717, 1.165) is 0 Å². The fourth-order valence-electron chi connectivity index (χ4n) is 2.74. The second kappa shape index (κ2) is 6.98. The number of nitrogens with two attached hydrogens (primary N) is 1. The SMILES string of the molecule is COCC1(C(N)=O)CCCN1C(=O)COc1ccccc1Cl. The summed E-state index contributed by atoms with van der Waals surface area (Å²) in [4.78, 5) is 25.7. The molecule has 7 heteroatoms. The highest BCUT2D eigenvalue weighted by atomic mass is 35.5. The first-order valence-electron chi connectivity index (χ1n) is 6.98. The third-order valence-corrected chi connectivity index (χ3v) is 4.13. The fraction of sp³-hybridized carbons (Fsp3) is 0.467. The zero-order valence-electron chi connectivity index (χ0n) is 12.4. The molecule has 0 saturated carbocycles. The number of amides is 2. The molecule has 1 aromatic carbocycles. The molecular weight excluding hydrogens is 308 g/mol. The normalized spacial score (nSPS) is 20.9. The van der Waals surface area contributed by atoms with Gasteiger partial charge >= 0.3 is 0 Å². The summed E-state index contributed by atoms with van der Waals surface area (Å²) in [6, 6.07) is 6.89. The van der Waals surface area contributed by atoms with Crippen LogP contribution in [-0.4, -0.2) is 49.1 Å². The van der Waals surface area contributed by atoms with E-state index in [1.807, 2.05) is 0 Å². The second-order valence-electron chi connectivity index (χ2n) is 5.20. The summed E-state index contributed by atoms with van der Waals surface area (Å²) in [6.07, 6.45) is 1.19. The number of rotatable bonds is 6. The molecule has 2 rings (SSSR count). The van der Waals surface area contributed by atoms with Crippen LogP contribution < -0.4 is 10.5 Å². The predicted molar refractivity (Wildman–Crippen MR) is 81.7 cm³/mol. The average Bonchev–Trinajstić information content (AvgIpc) is 2.92. The number of nitrogens with zero attached hydrogens (tertiary/aromatic N) is 1. The van der Waals surface area contributed by atoms with Crippen molar-refractivity contribution >= 4 is 23.4 Å². The molecule has 1 heterocycles. The minimum absolute atomic E-state index is 0.0835. The van der Waals surface area contributed by atoms with Gasteiger partial charge in [-0.3, -0.25) is 9.59 Å². The van der Waals surface area contributed by atoms with Gasteiger partial charge in [0.15, 0.2) is 6.61 Å². The molecule has 120 valence electrons. The highest BCUT2D eigenvalue weighted by Gasteiger charge is 2.48. The van der Waals surface area contributed by atoms with E-state index in [0.29, 0.717) is 30.2 Å². The lowest BCUT2D eigenvalue weighted by molar-refractivity contribution is -0.148. The van der Waals surface area contributed by atoms with Crippen molar-refractivity contribution in [3.8, 4) is 5.75 Å². The lowest BCUT2D eigenvalue weighted by atomic mass is 9.96. The van der Waals surface area contributed by atoms with Gasteiger partial charge in [0.2, 0.25) is 5.91 Å². The number of para-hydroxylation sites is 1. The largest absolute Gasteiger partial charge is 0.482 e. The summed E-state index contributed by atoms with van der Waals surface area (Å²) in [5, 5.41) is 0.426. The van der Waals surface area contributed by atoms with E-state index in [1.165, 1.54) is 12.0 Å². The Labute approximate surface area is 134 Å². The number of carbonyl (C=O) groups excluding carboxylic acids is 2. The van der Waals surface area contributed by atoms with Gasteiger partial charge in [-0.2, -0.15) is 0 Å². The molecule has 1 atom stereocenters. The Balaban J connectivity index is 2.08. The van der Waals surface area contributed by atoms with Gasteiger partial charge in [-0.1, -0.05) is 23.7 Å². The van der Waals surface area contributed by atoms with E-state index in [2.05, 4.69) is 0 Å². The predicted octanol–water partition coefficient (Wildman–Crippen LogP) is 1.21. The van der Waals surface area contributed by atoms with Gasteiger partial charge in [0.25, 0.3) is 5.91 Å². The molecular formula is C15H19ClN2O4. The van der Waals surface area contributed by atoms with Crippen LogP contribution in [0, 0.1) is 0 Å². The molecule has 1 aromatic rings. The summed E-state index contributed by atoms with van der Waals surface area (Å²) in [6.45, 7) is 0.333. The number of carbonyl (C=O) groups is 2. The molecule has 2 N–H and O–H groups in total. The Hall–Kier alpha value is -1.79. The molecule has 1 aliphatic heterocycles. The first-order valence-corrected chi connectivity index (χ1v) is 7.36. The molecule has 1 aliphatic rings. The number of benzene rings is 1. The van der Waals surface area contributed by atoms with Crippen LogP contribution in [0.2, 0.25) is 5.02 Å². The van der Waals surface area contributed by atoms with Crippen LogP contribution in [0.3, 0.4) is 0 Å². The van der Waals surface area contributed by atoms with Crippen molar-refractivity contribution in [3.63, 3.8) is 0 Å². The number of hydrogen-bond donors (Lipinski definition) is 1. The molecule has 2 amide bonds. The van der Waals surface area contributed by atoms with Crippen LogP contribution >= 0.6 is 11.6 Å². The number of methoxy groups -OCH3 is 1. The average molecular weight is 327 g/mol. The van der Waals surface area contributed by atoms with Gasteiger partial charge in [-0.15, -0.1) is 0 Å². The number of halogens is 1. The maximum Gasteiger partial charge on any atom is 0.261 e. The minimum atomic E-state index is -1.09. The molecule has 0 radical (unpaired) electrons. The molecule has 6 nitrogen and oxygen atoms in total.